The van der Waals surface area contributed by atoms with Gasteiger partial charge < -0.3 is 15.8 Å². The number of carbonyl (C=O) groups is 1. The molecule has 21 heavy (non-hydrogen) atoms. The van der Waals surface area contributed by atoms with Gasteiger partial charge in [-0.05, 0) is 55.0 Å². The number of nitrogens with one attached hydrogen (secondary N) is 1. The normalized spacial score (nSPS) is 10.2. The van der Waals surface area contributed by atoms with Crippen molar-refractivity contribution in [2.45, 2.75) is 11.8 Å². The summed E-state index contributed by atoms with van der Waals surface area (Å²) in [6.07, 6.45) is 0. The van der Waals surface area contributed by atoms with Crippen LogP contribution in [-0.2, 0) is 4.79 Å². The first-order chi connectivity index (χ1) is 10.1. The predicted molar refractivity (Wildman–Crippen MR) is 87.9 cm³/mol. The molecule has 5 heteroatoms. The summed E-state index contributed by atoms with van der Waals surface area (Å²) in [5.74, 6) is 1.13. The van der Waals surface area contributed by atoms with Crippen molar-refractivity contribution < 1.29 is 9.53 Å². The van der Waals surface area contributed by atoms with E-state index in [9.17, 15) is 4.79 Å². The fourth-order valence-corrected chi connectivity index (χ4v) is 2.53. The fourth-order valence-electron chi connectivity index (χ4n) is 1.83. The predicted octanol–water partition coefficient (Wildman–Crippen LogP) is 3.32. The minimum atomic E-state index is -0.0383. The number of benzene rings is 2. The molecule has 0 fully saturated rings. The third-order valence-electron chi connectivity index (χ3n) is 2.95. The maximum atomic E-state index is 12.0. The molecule has 4 nitrogen and oxygen atoms in total. The molecule has 3 N–H and O–H groups in total. The lowest BCUT2D eigenvalue weighted by atomic mass is 10.2. The number of hydrogen-bond donors (Lipinski definition) is 2. The number of ether oxygens (including phenoxy) is 1. The van der Waals surface area contributed by atoms with E-state index in [1.165, 1.54) is 11.8 Å². The van der Waals surface area contributed by atoms with Crippen LogP contribution in [0.5, 0.6) is 5.75 Å². The number of methoxy groups -OCH3 is 1. The van der Waals surface area contributed by atoms with E-state index in [-0.39, 0.29) is 5.91 Å². The Bertz CT molecular complexity index is 627. The summed E-state index contributed by atoms with van der Waals surface area (Å²) in [5, 5.41) is 2.89. The molecule has 0 aromatic heterocycles. The standard InChI is InChI=1S/C16H18N2O2S/c1-11-9-12(17)3-8-15(11)18-16(19)10-21-14-6-4-13(20-2)5-7-14/h3-9H,10,17H2,1-2H3,(H,18,19). The Hall–Kier alpha value is -2.14. The second-order valence-electron chi connectivity index (χ2n) is 4.59. The van der Waals surface area contributed by atoms with E-state index in [0.29, 0.717) is 11.4 Å². The van der Waals surface area contributed by atoms with Crippen molar-refractivity contribution >= 4 is 29.0 Å². The molecule has 0 aliphatic rings. The first-order valence-electron chi connectivity index (χ1n) is 6.51. The Morgan fingerprint density at radius 2 is 1.95 bits per heavy atom. The minimum Gasteiger partial charge on any atom is -0.497 e. The van der Waals surface area contributed by atoms with Crippen LogP contribution >= 0.6 is 11.8 Å². The van der Waals surface area contributed by atoms with E-state index < -0.39 is 0 Å². The summed E-state index contributed by atoms with van der Waals surface area (Å²) in [7, 11) is 1.63. The number of amides is 1. The zero-order valence-electron chi connectivity index (χ0n) is 12.1. The molecule has 0 saturated carbocycles. The van der Waals surface area contributed by atoms with E-state index in [0.717, 1.165) is 21.9 Å². The molecule has 0 radical (unpaired) electrons. The lowest BCUT2D eigenvalue weighted by molar-refractivity contribution is -0.113. The van der Waals surface area contributed by atoms with Crippen LogP contribution < -0.4 is 15.8 Å². The Morgan fingerprint density at radius 3 is 2.57 bits per heavy atom. The van der Waals surface area contributed by atoms with E-state index in [1.54, 1.807) is 13.2 Å². The number of nitrogens with two attached hydrogens (primary N) is 1. The maximum Gasteiger partial charge on any atom is 0.234 e. The first kappa shape index (κ1) is 15.3. The van der Waals surface area contributed by atoms with E-state index in [2.05, 4.69) is 5.32 Å². The second-order valence-corrected chi connectivity index (χ2v) is 5.64. The largest absolute Gasteiger partial charge is 0.497 e. The van der Waals surface area contributed by atoms with Crippen molar-refractivity contribution in [3.05, 3.63) is 48.0 Å². The number of nitrogen functional groups attached to an aromatic ring is 1. The average Bonchev–Trinajstić information content (AvgIpc) is 2.48. The highest BCUT2D eigenvalue weighted by Gasteiger charge is 2.06. The van der Waals surface area contributed by atoms with Crippen molar-refractivity contribution in [3.8, 4) is 5.75 Å². The lowest BCUT2D eigenvalue weighted by Gasteiger charge is -2.09. The summed E-state index contributed by atoms with van der Waals surface area (Å²) >= 11 is 1.48. The summed E-state index contributed by atoms with van der Waals surface area (Å²) in [6, 6.07) is 13.1. The van der Waals surface area contributed by atoms with Gasteiger partial charge in [0.05, 0.1) is 12.9 Å². The summed E-state index contributed by atoms with van der Waals surface area (Å²) in [4.78, 5) is 13.0. The molecule has 0 unspecified atom stereocenters. The van der Waals surface area contributed by atoms with Crippen LogP contribution in [0.2, 0.25) is 0 Å². The lowest BCUT2D eigenvalue weighted by Crippen LogP contribution is -2.14. The Labute approximate surface area is 128 Å². The third kappa shape index (κ3) is 4.43. The van der Waals surface area contributed by atoms with Gasteiger partial charge in [-0.2, -0.15) is 0 Å². The SMILES string of the molecule is COc1ccc(SCC(=O)Nc2ccc(N)cc2C)cc1. The third-order valence-corrected chi connectivity index (χ3v) is 3.97. The average molecular weight is 302 g/mol. The molecular weight excluding hydrogens is 284 g/mol. The molecule has 0 aliphatic carbocycles. The number of carbonyl (C=O) groups excluding carboxylic acids is 1. The van der Waals surface area contributed by atoms with Crippen molar-refractivity contribution in [1.29, 1.82) is 0 Å². The maximum absolute atomic E-state index is 12.0. The zero-order chi connectivity index (χ0) is 15.2. The minimum absolute atomic E-state index is 0.0383. The van der Waals surface area contributed by atoms with E-state index >= 15 is 0 Å². The van der Waals surface area contributed by atoms with Gasteiger partial charge in [0, 0.05) is 16.3 Å². The van der Waals surface area contributed by atoms with Gasteiger partial charge in [0.15, 0.2) is 0 Å². The molecule has 2 rings (SSSR count). The number of aryl methyl sites for hydroxylation is 1. The smallest absolute Gasteiger partial charge is 0.234 e. The van der Waals surface area contributed by atoms with Gasteiger partial charge in [0.25, 0.3) is 0 Å². The molecule has 110 valence electrons. The molecule has 0 aliphatic heterocycles. The van der Waals surface area contributed by atoms with Gasteiger partial charge in [0.2, 0.25) is 5.91 Å². The van der Waals surface area contributed by atoms with Crippen LogP contribution in [0.3, 0.4) is 0 Å². The van der Waals surface area contributed by atoms with Crippen molar-refractivity contribution in [2.75, 3.05) is 23.9 Å². The van der Waals surface area contributed by atoms with Crippen LogP contribution in [0, 0.1) is 6.92 Å². The number of thioether (sulfide) groups is 1. The molecule has 2 aromatic rings. The van der Waals surface area contributed by atoms with E-state index in [4.69, 9.17) is 10.5 Å². The highest BCUT2D eigenvalue weighted by molar-refractivity contribution is 8.00. The highest BCUT2D eigenvalue weighted by Crippen LogP contribution is 2.22. The zero-order valence-corrected chi connectivity index (χ0v) is 12.9. The molecule has 0 atom stereocenters. The van der Waals surface area contributed by atoms with Gasteiger partial charge >= 0.3 is 0 Å². The number of anilines is 2. The summed E-state index contributed by atoms with van der Waals surface area (Å²) in [5.41, 5.74) is 8.13. The molecule has 0 spiro atoms. The fraction of sp³-hybridized carbons (Fsp3) is 0.188. The molecule has 0 bridgehead atoms. The molecule has 0 heterocycles. The molecule has 0 saturated heterocycles. The van der Waals surface area contributed by atoms with Gasteiger partial charge in [-0.1, -0.05) is 0 Å². The second kappa shape index (κ2) is 7.04. The van der Waals surface area contributed by atoms with Crippen LogP contribution in [0.15, 0.2) is 47.4 Å². The van der Waals surface area contributed by atoms with Gasteiger partial charge in [-0.15, -0.1) is 11.8 Å². The Kier molecular flexibility index (Phi) is 5.11. The Balaban J connectivity index is 1.89. The van der Waals surface area contributed by atoms with Gasteiger partial charge in [0.1, 0.15) is 5.75 Å². The molecule has 2 aromatic carbocycles. The highest BCUT2D eigenvalue weighted by atomic mass is 32.2. The molecular formula is C16H18N2O2S. The van der Waals surface area contributed by atoms with Crippen LogP contribution in [0.25, 0.3) is 0 Å². The summed E-state index contributed by atoms with van der Waals surface area (Å²) < 4.78 is 5.10. The van der Waals surface area contributed by atoms with Gasteiger partial charge in [-0.25, -0.2) is 0 Å². The molecule has 1 amide bonds. The van der Waals surface area contributed by atoms with E-state index in [1.807, 2.05) is 43.3 Å². The van der Waals surface area contributed by atoms with Crippen LogP contribution in [0.4, 0.5) is 11.4 Å². The van der Waals surface area contributed by atoms with Gasteiger partial charge in [-0.3, -0.25) is 4.79 Å². The number of hydrogen-bond acceptors (Lipinski definition) is 4. The Morgan fingerprint density at radius 1 is 1.24 bits per heavy atom. The van der Waals surface area contributed by atoms with Crippen molar-refractivity contribution in [2.24, 2.45) is 0 Å². The monoisotopic (exact) mass is 302 g/mol. The van der Waals surface area contributed by atoms with Crippen LogP contribution in [0.1, 0.15) is 5.56 Å². The topological polar surface area (TPSA) is 64.3 Å². The first-order valence-corrected chi connectivity index (χ1v) is 7.50. The number of rotatable bonds is 5. The van der Waals surface area contributed by atoms with Crippen LogP contribution in [-0.4, -0.2) is 18.8 Å². The summed E-state index contributed by atoms with van der Waals surface area (Å²) in [6.45, 7) is 1.92. The quantitative estimate of drug-likeness (QED) is 0.657. The van der Waals surface area contributed by atoms with Crippen molar-refractivity contribution in [3.63, 3.8) is 0 Å². The van der Waals surface area contributed by atoms with Crippen molar-refractivity contribution in [1.82, 2.24) is 0 Å².